The first-order valence-electron chi connectivity index (χ1n) is 7.56. The molecule has 0 spiro atoms. The van der Waals surface area contributed by atoms with Gasteiger partial charge in [0.05, 0.1) is 17.4 Å². The third kappa shape index (κ3) is 2.75. The number of amides is 1. The van der Waals surface area contributed by atoms with Crippen LogP contribution in [0.2, 0.25) is 0 Å². The third-order valence-corrected chi connectivity index (χ3v) is 3.73. The second-order valence-electron chi connectivity index (χ2n) is 5.36. The standard InChI is InChI=1S/C19H14N4O/c24-19(23-18-7-3-4-10-20-18)9-8-13-11-15-14-5-1-2-6-16(14)22-17(15)12-21-13/h1-12,22H,(H,20,23,24)/b9-8+. The highest BCUT2D eigenvalue weighted by Gasteiger charge is 2.04. The fourth-order valence-corrected chi connectivity index (χ4v) is 2.62. The molecule has 2 N–H and O–H groups in total. The molecule has 0 bridgehead atoms. The van der Waals surface area contributed by atoms with E-state index in [4.69, 9.17) is 0 Å². The van der Waals surface area contributed by atoms with Crippen LogP contribution in [0.5, 0.6) is 0 Å². The molecule has 24 heavy (non-hydrogen) atoms. The zero-order valence-corrected chi connectivity index (χ0v) is 12.7. The second-order valence-corrected chi connectivity index (χ2v) is 5.36. The zero-order valence-electron chi connectivity index (χ0n) is 12.7. The Balaban J connectivity index is 1.60. The van der Waals surface area contributed by atoms with Crippen LogP contribution in [0, 0.1) is 0 Å². The van der Waals surface area contributed by atoms with Gasteiger partial charge in [-0.05, 0) is 30.3 Å². The van der Waals surface area contributed by atoms with Gasteiger partial charge in [-0.25, -0.2) is 4.98 Å². The van der Waals surface area contributed by atoms with Gasteiger partial charge < -0.3 is 10.3 Å². The Morgan fingerprint density at radius 3 is 2.75 bits per heavy atom. The molecule has 0 aliphatic rings. The third-order valence-electron chi connectivity index (χ3n) is 3.73. The number of carbonyl (C=O) groups excluding carboxylic acids is 1. The maximum atomic E-state index is 11.9. The van der Waals surface area contributed by atoms with Gasteiger partial charge in [0, 0.05) is 28.6 Å². The Kier molecular flexibility index (Phi) is 3.51. The Morgan fingerprint density at radius 2 is 1.88 bits per heavy atom. The molecule has 0 saturated carbocycles. The molecule has 0 atom stereocenters. The molecule has 116 valence electrons. The minimum atomic E-state index is -0.241. The molecule has 5 nitrogen and oxygen atoms in total. The quantitative estimate of drug-likeness (QED) is 0.566. The minimum absolute atomic E-state index is 0.241. The first-order chi connectivity index (χ1) is 11.8. The number of benzene rings is 1. The predicted molar refractivity (Wildman–Crippen MR) is 95.5 cm³/mol. The largest absolute Gasteiger partial charge is 0.353 e. The summed E-state index contributed by atoms with van der Waals surface area (Å²) in [6.07, 6.45) is 6.56. The average Bonchev–Trinajstić information content (AvgIpc) is 2.99. The summed E-state index contributed by atoms with van der Waals surface area (Å²) in [5, 5.41) is 4.93. The molecule has 3 aromatic heterocycles. The molecule has 0 saturated heterocycles. The van der Waals surface area contributed by atoms with E-state index >= 15 is 0 Å². The van der Waals surface area contributed by atoms with Crippen LogP contribution in [0.15, 0.2) is 67.0 Å². The summed E-state index contributed by atoms with van der Waals surface area (Å²) in [6.45, 7) is 0. The fourth-order valence-electron chi connectivity index (χ4n) is 2.62. The molecule has 3 heterocycles. The maximum absolute atomic E-state index is 11.9. The van der Waals surface area contributed by atoms with Crippen LogP contribution < -0.4 is 5.32 Å². The summed E-state index contributed by atoms with van der Waals surface area (Å²) in [5.41, 5.74) is 2.78. The normalized spacial score (nSPS) is 11.3. The first-order valence-corrected chi connectivity index (χ1v) is 7.56. The molecule has 4 rings (SSSR count). The Bertz CT molecular complexity index is 1050. The van der Waals surface area contributed by atoms with Crippen LogP contribution >= 0.6 is 0 Å². The van der Waals surface area contributed by atoms with E-state index in [9.17, 15) is 4.79 Å². The number of aromatic nitrogens is 3. The van der Waals surface area contributed by atoms with Crippen molar-refractivity contribution in [3.63, 3.8) is 0 Å². The lowest BCUT2D eigenvalue weighted by Gasteiger charge is -1.99. The topological polar surface area (TPSA) is 70.7 Å². The van der Waals surface area contributed by atoms with Gasteiger partial charge in [-0.15, -0.1) is 0 Å². The lowest BCUT2D eigenvalue weighted by atomic mass is 10.1. The van der Waals surface area contributed by atoms with Gasteiger partial charge in [0.25, 0.3) is 0 Å². The van der Waals surface area contributed by atoms with Gasteiger partial charge >= 0.3 is 0 Å². The van der Waals surface area contributed by atoms with Gasteiger partial charge in [-0.3, -0.25) is 9.78 Å². The van der Waals surface area contributed by atoms with Crippen molar-refractivity contribution in [1.82, 2.24) is 15.0 Å². The molecule has 4 aromatic rings. The number of H-pyrrole nitrogens is 1. The summed E-state index contributed by atoms with van der Waals surface area (Å²) in [4.78, 5) is 23.7. The molecule has 1 amide bonds. The first kappa shape index (κ1) is 14.1. The summed E-state index contributed by atoms with van der Waals surface area (Å²) >= 11 is 0. The van der Waals surface area contributed by atoms with Crippen LogP contribution in [0.25, 0.3) is 27.9 Å². The Hall–Kier alpha value is -3.47. The fraction of sp³-hybridized carbons (Fsp3) is 0. The zero-order chi connectivity index (χ0) is 16.4. The average molecular weight is 314 g/mol. The number of hydrogen-bond donors (Lipinski definition) is 2. The smallest absolute Gasteiger partial charge is 0.249 e. The number of hydrogen-bond acceptors (Lipinski definition) is 3. The van der Waals surface area contributed by atoms with E-state index in [-0.39, 0.29) is 5.91 Å². The summed E-state index contributed by atoms with van der Waals surface area (Å²) < 4.78 is 0. The number of fused-ring (bicyclic) bond motifs is 3. The van der Waals surface area contributed by atoms with Crippen molar-refractivity contribution in [2.75, 3.05) is 5.32 Å². The maximum Gasteiger partial charge on any atom is 0.249 e. The summed E-state index contributed by atoms with van der Waals surface area (Å²) in [5.74, 6) is 0.279. The number of pyridine rings is 2. The number of rotatable bonds is 3. The number of anilines is 1. The highest BCUT2D eigenvalue weighted by molar-refractivity contribution is 6.07. The number of carbonyl (C=O) groups is 1. The van der Waals surface area contributed by atoms with Crippen molar-refractivity contribution in [1.29, 1.82) is 0 Å². The van der Waals surface area contributed by atoms with Gasteiger partial charge in [-0.2, -0.15) is 0 Å². The molecule has 0 radical (unpaired) electrons. The number of nitrogens with one attached hydrogen (secondary N) is 2. The van der Waals surface area contributed by atoms with Crippen LogP contribution in [-0.4, -0.2) is 20.9 Å². The number of para-hydroxylation sites is 1. The molecule has 0 aliphatic heterocycles. The molecule has 0 aliphatic carbocycles. The molecular weight excluding hydrogens is 300 g/mol. The van der Waals surface area contributed by atoms with Crippen LogP contribution in [0.3, 0.4) is 0 Å². The highest BCUT2D eigenvalue weighted by atomic mass is 16.1. The van der Waals surface area contributed by atoms with Crippen LogP contribution in [0.4, 0.5) is 5.82 Å². The summed E-state index contributed by atoms with van der Waals surface area (Å²) in [6, 6.07) is 15.4. The van der Waals surface area contributed by atoms with Gasteiger partial charge in [0.15, 0.2) is 0 Å². The Labute approximate surface area is 138 Å². The van der Waals surface area contributed by atoms with Gasteiger partial charge in [0.1, 0.15) is 5.82 Å². The van der Waals surface area contributed by atoms with E-state index in [0.29, 0.717) is 5.82 Å². The molecule has 1 aromatic carbocycles. The van der Waals surface area contributed by atoms with E-state index in [0.717, 1.165) is 27.5 Å². The van der Waals surface area contributed by atoms with Gasteiger partial charge in [0.2, 0.25) is 5.91 Å². The molecular formula is C19H14N4O. The Morgan fingerprint density at radius 1 is 1.00 bits per heavy atom. The summed E-state index contributed by atoms with van der Waals surface area (Å²) in [7, 11) is 0. The van der Waals surface area contributed by atoms with Crippen molar-refractivity contribution in [2.24, 2.45) is 0 Å². The van der Waals surface area contributed by atoms with Crippen molar-refractivity contribution >= 4 is 39.6 Å². The SMILES string of the molecule is O=C(/C=C/c1cc2c(cn1)[nH]c1ccccc12)Nc1ccccn1. The molecule has 5 heteroatoms. The van der Waals surface area contributed by atoms with Gasteiger partial charge in [-0.1, -0.05) is 24.3 Å². The lowest BCUT2D eigenvalue weighted by molar-refractivity contribution is -0.111. The highest BCUT2D eigenvalue weighted by Crippen LogP contribution is 2.25. The monoisotopic (exact) mass is 314 g/mol. The lowest BCUT2D eigenvalue weighted by Crippen LogP contribution is -2.08. The molecule has 0 fully saturated rings. The number of aromatic amines is 1. The minimum Gasteiger partial charge on any atom is -0.353 e. The second kappa shape index (κ2) is 5.96. The van der Waals surface area contributed by atoms with E-state index < -0.39 is 0 Å². The predicted octanol–water partition coefficient (Wildman–Crippen LogP) is 3.76. The van der Waals surface area contributed by atoms with Crippen molar-refractivity contribution < 1.29 is 4.79 Å². The van der Waals surface area contributed by atoms with E-state index in [2.05, 4.69) is 26.3 Å². The van der Waals surface area contributed by atoms with Crippen molar-refractivity contribution in [3.8, 4) is 0 Å². The van der Waals surface area contributed by atoms with E-state index in [1.54, 1.807) is 30.6 Å². The van der Waals surface area contributed by atoms with Crippen LogP contribution in [0.1, 0.15) is 5.69 Å². The van der Waals surface area contributed by atoms with E-state index in [1.807, 2.05) is 30.3 Å². The van der Waals surface area contributed by atoms with E-state index in [1.165, 1.54) is 6.08 Å². The van der Waals surface area contributed by atoms with Crippen LogP contribution in [-0.2, 0) is 4.79 Å². The van der Waals surface area contributed by atoms with Crippen molar-refractivity contribution in [2.45, 2.75) is 0 Å². The number of nitrogens with zero attached hydrogens (tertiary/aromatic N) is 2. The van der Waals surface area contributed by atoms with Crippen molar-refractivity contribution in [3.05, 3.63) is 72.7 Å². The molecule has 0 unspecified atom stereocenters.